The number of rotatable bonds is 0. The van der Waals surface area contributed by atoms with E-state index in [1.807, 2.05) is 0 Å². The molecule has 0 saturated heterocycles. The van der Waals surface area contributed by atoms with E-state index in [9.17, 15) is 26.3 Å². The molecule has 2 aromatic rings. The Morgan fingerprint density at radius 1 is 1.00 bits per heavy atom. The van der Waals surface area contributed by atoms with Gasteiger partial charge in [-0.15, -0.1) is 0 Å². The molecule has 1 heterocycles. The van der Waals surface area contributed by atoms with Crippen LogP contribution in [0.25, 0.3) is 11.1 Å². The maximum Gasteiger partial charge on any atom is 0.420 e. The van der Waals surface area contributed by atoms with Crippen LogP contribution in [0.4, 0.5) is 26.3 Å². The van der Waals surface area contributed by atoms with Crippen molar-refractivity contribution in [2.45, 2.75) is 12.4 Å². The third-order valence-corrected chi connectivity index (χ3v) is 2.26. The molecule has 0 saturated carbocycles. The lowest BCUT2D eigenvalue weighted by molar-refractivity contribution is -0.142. The number of hydrogen-bond acceptors (Lipinski definition) is 2. The minimum Gasteiger partial charge on any atom is -0.427 e. The van der Waals surface area contributed by atoms with Crippen LogP contribution in [-0.4, -0.2) is 4.98 Å². The van der Waals surface area contributed by atoms with Crippen LogP contribution in [-0.2, 0) is 12.4 Å². The summed E-state index contributed by atoms with van der Waals surface area (Å²) in [5.41, 5.74) is -4.44. The Kier molecular flexibility index (Phi) is 2.73. The van der Waals surface area contributed by atoms with Crippen molar-refractivity contribution in [3.05, 3.63) is 28.6 Å². The quantitative estimate of drug-likeness (QED) is 0.667. The first kappa shape index (κ1) is 13.0. The lowest BCUT2D eigenvalue weighted by Crippen LogP contribution is -2.10. The number of aromatic nitrogens is 1. The van der Waals surface area contributed by atoms with Crippen molar-refractivity contribution in [1.29, 1.82) is 0 Å². The molecule has 2 rings (SSSR count). The fourth-order valence-electron chi connectivity index (χ4n) is 1.38. The van der Waals surface area contributed by atoms with E-state index in [1.165, 1.54) is 0 Å². The highest BCUT2D eigenvalue weighted by Gasteiger charge is 2.39. The number of benzene rings is 1. The first-order chi connectivity index (χ1) is 8.09. The molecule has 2 nitrogen and oxygen atoms in total. The Bertz CT molecular complexity index is 599. The Hall–Kier alpha value is -1.44. The van der Waals surface area contributed by atoms with Crippen molar-refractivity contribution in [2.75, 3.05) is 0 Å². The van der Waals surface area contributed by atoms with Gasteiger partial charge < -0.3 is 4.42 Å². The Morgan fingerprint density at radius 2 is 1.61 bits per heavy atom. The summed E-state index contributed by atoms with van der Waals surface area (Å²) < 4.78 is 79.5. The molecule has 0 aliphatic heterocycles. The molecule has 0 radical (unpaired) electrons. The number of oxazole rings is 1. The summed E-state index contributed by atoms with van der Waals surface area (Å²) in [7, 11) is 0. The third kappa shape index (κ3) is 2.24. The molecule has 1 aromatic carbocycles. The first-order valence-corrected chi connectivity index (χ1v) is 4.71. The van der Waals surface area contributed by atoms with Gasteiger partial charge in [0, 0.05) is 0 Å². The zero-order valence-electron chi connectivity index (χ0n) is 8.16. The maximum absolute atomic E-state index is 12.6. The monoisotopic (exact) mass is 289 g/mol. The lowest BCUT2D eigenvalue weighted by Gasteiger charge is -2.11. The summed E-state index contributed by atoms with van der Waals surface area (Å²) >= 11 is 5.25. The normalized spacial score (nSPS) is 13.3. The molecule has 0 amide bonds. The fourth-order valence-corrected chi connectivity index (χ4v) is 1.55. The summed E-state index contributed by atoms with van der Waals surface area (Å²) in [5, 5.41) is -0.658. The summed E-state index contributed by atoms with van der Waals surface area (Å²) in [4.78, 5) is 3.26. The molecule has 0 aliphatic carbocycles. The van der Waals surface area contributed by atoms with Crippen molar-refractivity contribution in [3.8, 4) is 0 Å². The predicted molar refractivity (Wildman–Crippen MR) is 49.0 cm³/mol. The second-order valence-corrected chi connectivity index (χ2v) is 3.66. The van der Waals surface area contributed by atoms with Gasteiger partial charge in [-0.2, -0.15) is 31.3 Å². The molecule has 0 unspecified atom stereocenters. The molecule has 98 valence electrons. The van der Waals surface area contributed by atoms with Crippen molar-refractivity contribution >= 4 is 22.7 Å². The van der Waals surface area contributed by atoms with Crippen LogP contribution in [0.1, 0.15) is 11.1 Å². The van der Waals surface area contributed by atoms with Crippen LogP contribution in [0, 0.1) is 0 Å². The van der Waals surface area contributed by atoms with Gasteiger partial charge in [-0.1, -0.05) is 0 Å². The molecule has 0 N–H and O–H groups in total. The molecule has 18 heavy (non-hydrogen) atoms. The van der Waals surface area contributed by atoms with E-state index < -0.39 is 39.9 Å². The standard InChI is InChI=1S/C9H2ClF6NO/c10-7-17-5-2-3(8(11,12)13)1-4(6(5)18-7)9(14,15)16/h1-2H. The average molecular weight is 290 g/mol. The van der Waals surface area contributed by atoms with Crippen molar-refractivity contribution in [3.63, 3.8) is 0 Å². The number of nitrogens with zero attached hydrogens (tertiary/aromatic N) is 1. The minimum atomic E-state index is -5.00. The molecule has 0 atom stereocenters. The summed E-state index contributed by atoms with van der Waals surface area (Å²) in [6.07, 6.45) is -9.91. The SMILES string of the molecule is FC(F)(F)c1cc(C(F)(F)F)c2oc(Cl)nc2c1. The van der Waals surface area contributed by atoms with Crippen LogP contribution in [0.15, 0.2) is 16.5 Å². The molecule has 1 aromatic heterocycles. The van der Waals surface area contributed by atoms with Gasteiger partial charge in [-0.05, 0) is 23.7 Å². The summed E-state index contributed by atoms with van der Waals surface area (Å²) in [5.74, 6) is 0. The Labute approximate surface area is 100 Å². The second-order valence-electron chi connectivity index (χ2n) is 3.33. The van der Waals surface area contributed by atoms with Gasteiger partial charge in [-0.3, -0.25) is 0 Å². The van der Waals surface area contributed by atoms with Gasteiger partial charge in [0.25, 0.3) is 5.35 Å². The largest absolute Gasteiger partial charge is 0.427 e. The van der Waals surface area contributed by atoms with E-state index in [0.717, 1.165) is 0 Å². The molecule has 0 bridgehead atoms. The van der Waals surface area contributed by atoms with Crippen LogP contribution in [0.5, 0.6) is 0 Å². The van der Waals surface area contributed by atoms with Gasteiger partial charge >= 0.3 is 12.4 Å². The van der Waals surface area contributed by atoms with E-state index in [0.29, 0.717) is 6.07 Å². The molecule has 9 heteroatoms. The number of alkyl halides is 6. The zero-order chi connectivity index (χ0) is 13.7. The zero-order valence-corrected chi connectivity index (χ0v) is 8.91. The van der Waals surface area contributed by atoms with Gasteiger partial charge in [0.1, 0.15) is 11.1 Å². The van der Waals surface area contributed by atoms with Gasteiger partial charge in [-0.25, -0.2) is 0 Å². The second kappa shape index (κ2) is 3.78. The highest BCUT2D eigenvalue weighted by Crippen LogP contribution is 2.40. The van der Waals surface area contributed by atoms with Crippen LogP contribution < -0.4 is 0 Å². The highest BCUT2D eigenvalue weighted by atomic mass is 35.5. The summed E-state index contributed by atoms with van der Waals surface area (Å²) in [6, 6.07) is 0.407. The molecular weight excluding hydrogens is 288 g/mol. The average Bonchev–Trinajstić information content (AvgIpc) is 2.52. The van der Waals surface area contributed by atoms with E-state index in [2.05, 4.69) is 9.40 Å². The lowest BCUT2D eigenvalue weighted by atomic mass is 10.1. The van der Waals surface area contributed by atoms with E-state index in [-0.39, 0.29) is 6.07 Å². The number of hydrogen-bond donors (Lipinski definition) is 0. The van der Waals surface area contributed by atoms with E-state index in [4.69, 9.17) is 11.6 Å². The number of fused-ring (bicyclic) bond motifs is 1. The molecule has 0 fully saturated rings. The van der Waals surface area contributed by atoms with Crippen LogP contribution >= 0.6 is 11.6 Å². The summed E-state index contributed by atoms with van der Waals surface area (Å²) in [6.45, 7) is 0. The van der Waals surface area contributed by atoms with Crippen LogP contribution in [0.2, 0.25) is 5.35 Å². The first-order valence-electron chi connectivity index (χ1n) is 4.33. The highest BCUT2D eigenvalue weighted by molar-refractivity contribution is 6.28. The number of halogens is 7. The van der Waals surface area contributed by atoms with E-state index >= 15 is 0 Å². The third-order valence-electron chi connectivity index (χ3n) is 2.10. The van der Waals surface area contributed by atoms with Crippen molar-refractivity contribution < 1.29 is 30.8 Å². The minimum absolute atomic E-state index is 0.0379. The Balaban J connectivity index is 2.81. The Morgan fingerprint density at radius 3 is 2.11 bits per heavy atom. The van der Waals surface area contributed by atoms with E-state index in [1.54, 1.807) is 0 Å². The van der Waals surface area contributed by atoms with Crippen molar-refractivity contribution in [1.82, 2.24) is 4.98 Å². The van der Waals surface area contributed by atoms with Gasteiger partial charge in [0.2, 0.25) is 0 Å². The molecule has 0 spiro atoms. The smallest absolute Gasteiger partial charge is 0.420 e. The topological polar surface area (TPSA) is 26.0 Å². The fraction of sp³-hybridized carbons (Fsp3) is 0.222. The van der Waals surface area contributed by atoms with Gasteiger partial charge in [0.15, 0.2) is 5.58 Å². The molecular formula is C9H2ClF6NO. The van der Waals surface area contributed by atoms with Gasteiger partial charge in [0.05, 0.1) is 5.56 Å². The van der Waals surface area contributed by atoms with Crippen molar-refractivity contribution in [2.24, 2.45) is 0 Å². The predicted octanol–water partition coefficient (Wildman–Crippen LogP) is 4.52. The molecule has 0 aliphatic rings. The van der Waals surface area contributed by atoms with Crippen LogP contribution in [0.3, 0.4) is 0 Å². The maximum atomic E-state index is 12.6.